The summed E-state index contributed by atoms with van der Waals surface area (Å²) in [5.74, 6) is 0. The Hall–Kier alpha value is 0.340. The van der Waals surface area contributed by atoms with E-state index in [9.17, 15) is 0 Å². The molecule has 0 saturated carbocycles. The maximum Gasteiger partial charge on any atom is -0.00639 e. The smallest absolute Gasteiger partial charge is 0.00639 e. The van der Waals surface area contributed by atoms with Crippen molar-refractivity contribution in [3.8, 4) is 0 Å². The second kappa shape index (κ2) is 8.70. The van der Waals surface area contributed by atoms with E-state index in [0.717, 1.165) is 0 Å². The zero-order valence-corrected chi connectivity index (χ0v) is 24.4. The molecule has 0 amide bonds. The van der Waals surface area contributed by atoms with E-state index in [1.165, 1.54) is 18.7 Å². The van der Waals surface area contributed by atoms with Gasteiger partial charge in [0.2, 0.25) is 0 Å². The molecule has 0 fully saturated rings. The maximum absolute atomic E-state index is 2.63. The van der Waals surface area contributed by atoms with Crippen LogP contribution in [0, 0.1) is 5.41 Å². The molecule has 0 N–H and O–H groups in total. The van der Waals surface area contributed by atoms with Crippen molar-refractivity contribution in [3.63, 3.8) is 0 Å². The second-order valence-electron chi connectivity index (χ2n) is 14.1. The minimum absolute atomic E-state index is 0.100. The minimum Gasteiger partial charge on any atom is -0.0915 e. The van der Waals surface area contributed by atoms with Crippen LogP contribution in [0.4, 0.5) is 0 Å². The van der Waals surface area contributed by atoms with Crippen LogP contribution in [0.2, 0.25) is 0 Å². The van der Waals surface area contributed by atoms with Crippen LogP contribution in [0.25, 0.3) is 0 Å². The molecule has 29 heavy (non-hydrogen) atoms. The molecule has 0 nitrogen and oxygen atoms in total. The molecule has 0 aromatic rings. The lowest BCUT2D eigenvalue weighted by atomic mass is 9.85. The van der Waals surface area contributed by atoms with Crippen molar-refractivity contribution in [2.45, 2.75) is 131 Å². The van der Waals surface area contributed by atoms with E-state index in [-0.39, 0.29) is 21.3 Å². The third kappa shape index (κ3) is 7.76. The van der Waals surface area contributed by atoms with Gasteiger partial charge in [0, 0.05) is 0 Å². The SMILES string of the molecule is CC(C)(C)C1=CC(CP(C(C)(C)C)C(C)(C)C)=C(CP(C(C)(C)C)C(C)(C)C)C1. The molecule has 0 unspecified atom stereocenters. The minimum atomic E-state index is -0.112. The summed E-state index contributed by atoms with van der Waals surface area (Å²) in [6, 6.07) is 0. The largest absolute Gasteiger partial charge is 0.0915 e. The van der Waals surface area contributed by atoms with Gasteiger partial charge in [0.05, 0.1) is 0 Å². The van der Waals surface area contributed by atoms with Crippen molar-refractivity contribution >= 4 is 15.8 Å². The van der Waals surface area contributed by atoms with E-state index in [2.05, 4.69) is 110 Å². The van der Waals surface area contributed by atoms with Gasteiger partial charge in [-0.25, -0.2) is 0 Å². The van der Waals surface area contributed by atoms with Crippen LogP contribution in [0.1, 0.15) is 110 Å². The van der Waals surface area contributed by atoms with Gasteiger partial charge >= 0.3 is 0 Å². The van der Waals surface area contributed by atoms with Crippen LogP contribution in [0.3, 0.4) is 0 Å². The Bertz CT molecular complexity index is 600. The van der Waals surface area contributed by atoms with E-state index in [1.54, 1.807) is 16.7 Å². The molecule has 1 rings (SSSR count). The Balaban J connectivity index is 3.42. The van der Waals surface area contributed by atoms with Gasteiger partial charge in [-0.05, 0) is 50.4 Å². The molecule has 0 saturated heterocycles. The Morgan fingerprint density at radius 3 is 1.24 bits per heavy atom. The monoisotopic (exact) mass is 438 g/mol. The van der Waals surface area contributed by atoms with Gasteiger partial charge in [-0.15, -0.1) is 0 Å². The standard InChI is InChI=1S/C27H52P2/c1-23(2,3)22-16-20(18-28(24(4,5)6)25(7,8)9)21(17-22)19-29(26(10,11)12)27(13,14)15/h16H,17-19H2,1-15H3. The predicted molar refractivity (Wildman–Crippen MR) is 142 cm³/mol. The van der Waals surface area contributed by atoms with Crippen LogP contribution >= 0.6 is 15.8 Å². The topological polar surface area (TPSA) is 0 Å². The molecule has 0 aliphatic heterocycles. The van der Waals surface area contributed by atoms with Gasteiger partial charge < -0.3 is 0 Å². The normalized spacial score (nSPS) is 17.6. The van der Waals surface area contributed by atoms with Gasteiger partial charge in [-0.2, -0.15) is 0 Å². The molecular weight excluding hydrogens is 386 g/mol. The lowest BCUT2D eigenvalue weighted by Gasteiger charge is -2.43. The number of hydrogen-bond acceptors (Lipinski definition) is 0. The Labute approximate surface area is 187 Å². The summed E-state index contributed by atoms with van der Waals surface area (Å²) in [6.07, 6.45) is 6.43. The molecule has 0 aromatic carbocycles. The van der Waals surface area contributed by atoms with Crippen molar-refractivity contribution in [1.82, 2.24) is 0 Å². The molecule has 0 atom stereocenters. The van der Waals surface area contributed by atoms with Crippen LogP contribution in [-0.2, 0) is 0 Å². The van der Waals surface area contributed by atoms with Crippen molar-refractivity contribution in [2.24, 2.45) is 5.41 Å². The van der Waals surface area contributed by atoms with Crippen molar-refractivity contribution in [1.29, 1.82) is 0 Å². The Morgan fingerprint density at radius 1 is 0.586 bits per heavy atom. The van der Waals surface area contributed by atoms with Gasteiger partial charge in [0.15, 0.2) is 0 Å². The van der Waals surface area contributed by atoms with Crippen LogP contribution in [0.15, 0.2) is 22.8 Å². The molecule has 0 bridgehead atoms. The predicted octanol–water partition coefficient (Wildman–Crippen LogP) is 9.82. The average molecular weight is 439 g/mol. The van der Waals surface area contributed by atoms with Crippen LogP contribution < -0.4 is 0 Å². The Kier molecular flexibility index (Phi) is 8.21. The van der Waals surface area contributed by atoms with E-state index >= 15 is 0 Å². The van der Waals surface area contributed by atoms with Crippen molar-refractivity contribution in [2.75, 3.05) is 12.3 Å². The lowest BCUT2D eigenvalue weighted by Crippen LogP contribution is -2.28. The van der Waals surface area contributed by atoms with Gasteiger partial charge in [0.1, 0.15) is 0 Å². The maximum atomic E-state index is 2.63. The Morgan fingerprint density at radius 2 is 0.931 bits per heavy atom. The average Bonchev–Trinajstić information content (AvgIpc) is 2.80. The summed E-state index contributed by atoms with van der Waals surface area (Å²) in [6.45, 7) is 36.8. The molecule has 1 aliphatic rings. The van der Waals surface area contributed by atoms with Gasteiger partial charge in [-0.3, -0.25) is 0 Å². The molecule has 2 heteroatoms. The molecule has 0 radical (unpaired) electrons. The highest BCUT2D eigenvalue weighted by molar-refractivity contribution is 7.61. The number of rotatable bonds is 4. The van der Waals surface area contributed by atoms with Crippen LogP contribution in [-0.4, -0.2) is 32.9 Å². The summed E-state index contributed by atoms with van der Waals surface area (Å²) in [7, 11) is -0.212. The third-order valence-electron chi connectivity index (χ3n) is 6.09. The van der Waals surface area contributed by atoms with E-state index in [1.807, 2.05) is 0 Å². The third-order valence-corrected chi connectivity index (χ3v) is 13.9. The fourth-order valence-electron chi connectivity index (χ4n) is 4.83. The first kappa shape index (κ1) is 27.4. The zero-order chi connectivity index (χ0) is 23.2. The number of allylic oxidation sites excluding steroid dienone is 4. The van der Waals surface area contributed by atoms with Gasteiger partial charge in [-0.1, -0.05) is 137 Å². The van der Waals surface area contributed by atoms with E-state index in [0.29, 0.717) is 20.6 Å². The molecule has 0 heterocycles. The molecule has 1 aliphatic carbocycles. The summed E-state index contributed by atoms with van der Waals surface area (Å²) in [4.78, 5) is 0. The van der Waals surface area contributed by atoms with E-state index in [4.69, 9.17) is 0 Å². The zero-order valence-electron chi connectivity index (χ0n) is 22.6. The number of hydrogen-bond donors (Lipinski definition) is 0. The van der Waals surface area contributed by atoms with Crippen molar-refractivity contribution < 1.29 is 0 Å². The molecule has 0 spiro atoms. The summed E-state index contributed by atoms with van der Waals surface area (Å²) >= 11 is 0. The lowest BCUT2D eigenvalue weighted by molar-refractivity contribution is 0.494. The first-order valence-corrected chi connectivity index (χ1v) is 14.6. The molecule has 170 valence electrons. The van der Waals surface area contributed by atoms with Gasteiger partial charge in [0.25, 0.3) is 0 Å². The highest BCUT2D eigenvalue weighted by Gasteiger charge is 2.39. The fourth-order valence-corrected chi connectivity index (χ4v) is 12.1. The fraction of sp³-hybridized carbons (Fsp3) is 0.852. The van der Waals surface area contributed by atoms with E-state index < -0.39 is 0 Å². The molecular formula is C27H52P2. The highest BCUT2D eigenvalue weighted by Crippen LogP contribution is 2.64. The highest BCUT2D eigenvalue weighted by atomic mass is 31.1. The summed E-state index contributed by atoms with van der Waals surface area (Å²) in [5.41, 5.74) is 5.39. The summed E-state index contributed by atoms with van der Waals surface area (Å²) < 4.78 is 0. The molecule has 0 aromatic heterocycles. The first-order valence-electron chi connectivity index (χ1n) is 11.5. The quantitative estimate of drug-likeness (QED) is 0.383. The summed E-state index contributed by atoms with van der Waals surface area (Å²) in [5, 5.41) is 1.52. The van der Waals surface area contributed by atoms with Crippen LogP contribution in [0.5, 0.6) is 0 Å². The first-order chi connectivity index (χ1) is 12.5. The second-order valence-corrected chi connectivity index (χ2v) is 21.8. The van der Waals surface area contributed by atoms with Crippen molar-refractivity contribution in [3.05, 3.63) is 22.8 Å².